The fraction of sp³-hybridized carbons (Fsp3) is 0.833. The van der Waals surface area contributed by atoms with E-state index in [0.29, 0.717) is 19.5 Å². The Kier molecular flexibility index (Phi) is 16.0. The minimum Gasteiger partial charge on any atom is -0.370 e. The zero-order valence-electron chi connectivity index (χ0n) is 17.1. The van der Waals surface area contributed by atoms with Crippen molar-refractivity contribution >= 4 is 17.8 Å². The van der Waals surface area contributed by atoms with E-state index >= 15 is 0 Å². The van der Waals surface area contributed by atoms with Gasteiger partial charge in [-0.1, -0.05) is 12.8 Å². The number of aliphatic hydroxyl groups excluding tert-OH is 1. The first-order valence-electron chi connectivity index (χ1n) is 10.1. The average Bonchev–Trinajstić information content (AvgIpc) is 2.62. The van der Waals surface area contributed by atoms with Crippen molar-refractivity contribution in [2.45, 2.75) is 70.6 Å². The van der Waals surface area contributed by atoms with Crippen LogP contribution in [0, 0.1) is 5.41 Å². The van der Waals surface area contributed by atoms with Gasteiger partial charge in [-0.15, -0.1) is 0 Å². The van der Waals surface area contributed by atoms with Crippen molar-refractivity contribution in [3.8, 4) is 0 Å². The summed E-state index contributed by atoms with van der Waals surface area (Å²) < 4.78 is 0. The minimum atomic E-state index is -1.52. The van der Waals surface area contributed by atoms with Crippen molar-refractivity contribution in [2.24, 2.45) is 11.5 Å². The predicted octanol–water partition coefficient (Wildman–Crippen LogP) is -0.922. The van der Waals surface area contributed by atoms with Crippen LogP contribution in [-0.2, 0) is 9.59 Å². The SMILES string of the molecule is C[C@H](N)CCNCCCCNC(=O)[C@@H](O)NC(=O)CCCCCCNC(=N)N. The number of carbonyl (C=O) groups excluding carboxylic acids is 2. The summed E-state index contributed by atoms with van der Waals surface area (Å²) in [6.07, 6.45) is 4.68. The van der Waals surface area contributed by atoms with Gasteiger partial charge in [-0.25, -0.2) is 0 Å². The van der Waals surface area contributed by atoms with Crippen LogP contribution in [-0.4, -0.2) is 61.3 Å². The maximum Gasteiger partial charge on any atom is 0.269 e. The highest BCUT2D eigenvalue weighted by atomic mass is 16.3. The van der Waals surface area contributed by atoms with Gasteiger partial charge in [0.15, 0.2) is 5.96 Å². The molecule has 0 radical (unpaired) electrons. The summed E-state index contributed by atoms with van der Waals surface area (Å²) in [6, 6.07) is 0.193. The number of unbranched alkanes of at least 4 members (excludes halogenated alkanes) is 4. The second-order valence-electron chi connectivity index (χ2n) is 6.99. The van der Waals surface area contributed by atoms with Crippen LogP contribution in [0.5, 0.6) is 0 Å². The van der Waals surface area contributed by atoms with E-state index in [1.807, 2.05) is 6.92 Å². The predicted molar refractivity (Wildman–Crippen MR) is 111 cm³/mol. The zero-order chi connectivity index (χ0) is 21.2. The Morgan fingerprint density at radius 1 is 0.964 bits per heavy atom. The Hall–Kier alpha value is -1.91. The summed E-state index contributed by atoms with van der Waals surface area (Å²) in [5.74, 6) is -0.975. The first-order chi connectivity index (χ1) is 13.3. The number of carbonyl (C=O) groups is 2. The van der Waals surface area contributed by atoms with E-state index < -0.39 is 12.1 Å². The monoisotopic (exact) mass is 401 g/mol. The molecule has 0 spiro atoms. The largest absolute Gasteiger partial charge is 0.370 e. The lowest BCUT2D eigenvalue weighted by Gasteiger charge is -2.13. The van der Waals surface area contributed by atoms with Crippen LogP contribution in [0.3, 0.4) is 0 Å². The molecule has 10 nitrogen and oxygen atoms in total. The summed E-state index contributed by atoms with van der Waals surface area (Å²) in [5.41, 5.74) is 10.8. The van der Waals surface area contributed by atoms with Crippen LogP contribution in [0.1, 0.15) is 58.3 Å². The molecule has 0 aromatic heterocycles. The molecule has 0 bridgehead atoms. The maximum atomic E-state index is 11.8. The van der Waals surface area contributed by atoms with E-state index in [9.17, 15) is 14.7 Å². The van der Waals surface area contributed by atoms with Crippen molar-refractivity contribution in [1.82, 2.24) is 21.3 Å². The molecule has 10 N–H and O–H groups in total. The molecular formula is C18H39N7O3. The number of guanidine groups is 1. The molecule has 0 unspecified atom stereocenters. The normalized spacial score (nSPS) is 12.8. The Morgan fingerprint density at radius 3 is 2.25 bits per heavy atom. The summed E-state index contributed by atoms with van der Waals surface area (Å²) in [5, 5.41) is 27.7. The van der Waals surface area contributed by atoms with E-state index in [0.717, 1.165) is 51.6 Å². The molecule has 0 rings (SSSR count). The van der Waals surface area contributed by atoms with Crippen molar-refractivity contribution in [1.29, 1.82) is 5.41 Å². The van der Waals surface area contributed by atoms with Crippen molar-refractivity contribution in [3.05, 3.63) is 0 Å². The lowest BCUT2D eigenvalue weighted by atomic mass is 10.1. The Morgan fingerprint density at radius 2 is 1.57 bits per heavy atom. The van der Waals surface area contributed by atoms with E-state index in [-0.39, 0.29) is 24.3 Å². The van der Waals surface area contributed by atoms with Gasteiger partial charge in [0.1, 0.15) is 0 Å². The van der Waals surface area contributed by atoms with E-state index in [1.54, 1.807) is 0 Å². The fourth-order valence-electron chi connectivity index (χ4n) is 2.42. The molecule has 0 saturated carbocycles. The lowest BCUT2D eigenvalue weighted by Crippen LogP contribution is -2.46. The smallest absolute Gasteiger partial charge is 0.269 e. The van der Waals surface area contributed by atoms with Gasteiger partial charge in [-0.3, -0.25) is 15.0 Å². The molecule has 0 aliphatic rings. The van der Waals surface area contributed by atoms with Crippen LogP contribution in [0.2, 0.25) is 0 Å². The number of aliphatic hydroxyl groups is 1. The topological polar surface area (TPSA) is 178 Å². The molecule has 0 fully saturated rings. The molecule has 10 heteroatoms. The zero-order valence-corrected chi connectivity index (χ0v) is 17.1. The third-order valence-corrected chi connectivity index (χ3v) is 4.05. The van der Waals surface area contributed by atoms with Crippen LogP contribution < -0.4 is 32.7 Å². The fourth-order valence-corrected chi connectivity index (χ4v) is 2.42. The first kappa shape index (κ1) is 26.1. The van der Waals surface area contributed by atoms with Crippen LogP contribution in [0.15, 0.2) is 0 Å². The Balaban J connectivity index is 3.57. The Bertz CT molecular complexity index is 447. The highest BCUT2D eigenvalue weighted by molar-refractivity contribution is 5.86. The van der Waals surface area contributed by atoms with Crippen LogP contribution in [0.4, 0.5) is 0 Å². The van der Waals surface area contributed by atoms with Crippen LogP contribution in [0.25, 0.3) is 0 Å². The number of hydrogen-bond acceptors (Lipinski definition) is 6. The van der Waals surface area contributed by atoms with Crippen molar-refractivity contribution < 1.29 is 14.7 Å². The molecule has 0 aromatic rings. The Labute approximate surface area is 168 Å². The summed E-state index contributed by atoms with van der Waals surface area (Å²) in [7, 11) is 0. The highest BCUT2D eigenvalue weighted by Crippen LogP contribution is 2.02. The number of hydrogen-bond donors (Lipinski definition) is 8. The highest BCUT2D eigenvalue weighted by Gasteiger charge is 2.16. The summed E-state index contributed by atoms with van der Waals surface area (Å²) in [4.78, 5) is 23.5. The molecule has 28 heavy (non-hydrogen) atoms. The van der Waals surface area contributed by atoms with Crippen molar-refractivity contribution in [3.63, 3.8) is 0 Å². The van der Waals surface area contributed by atoms with E-state index in [1.165, 1.54) is 0 Å². The molecule has 2 atom stereocenters. The number of rotatable bonds is 17. The van der Waals surface area contributed by atoms with E-state index in [2.05, 4.69) is 21.3 Å². The first-order valence-corrected chi connectivity index (χ1v) is 10.1. The molecule has 0 saturated heterocycles. The number of amides is 2. The second-order valence-corrected chi connectivity index (χ2v) is 6.99. The van der Waals surface area contributed by atoms with Crippen LogP contribution >= 0.6 is 0 Å². The van der Waals surface area contributed by atoms with Crippen molar-refractivity contribution in [2.75, 3.05) is 26.2 Å². The maximum absolute atomic E-state index is 11.8. The van der Waals surface area contributed by atoms with E-state index in [4.69, 9.17) is 16.9 Å². The van der Waals surface area contributed by atoms with Gasteiger partial charge < -0.3 is 37.8 Å². The molecule has 2 amide bonds. The standard InChI is InChI=1S/C18H39N7O3/c1-14(19)9-13-22-10-6-7-11-23-16(27)17(28)25-15(26)8-4-2-3-5-12-24-18(20)21/h14,17,22,28H,2-13,19H2,1H3,(H,23,27)(H,25,26)(H4,20,21,24)/t14-,17+/m0/s1. The third-order valence-electron chi connectivity index (χ3n) is 4.05. The quantitative estimate of drug-likeness (QED) is 0.0671. The van der Waals surface area contributed by atoms with Gasteiger partial charge >= 0.3 is 0 Å². The number of nitrogens with two attached hydrogens (primary N) is 2. The van der Waals surface area contributed by atoms with Gasteiger partial charge in [0.25, 0.3) is 5.91 Å². The summed E-state index contributed by atoms with van der Waals surface area (Å²) >= 11 is 0. The average molecular weight is 402 g/mol. The number of nitrogens with one attached hydrogen (secondary N) is 5. The lowest BCUT2D eigenvalue weighted by molar-refractivity contribution is -0.136. The minimum absolute atomic E-state index is 0.0412. The van der Waals surface area contributed by atoms with Gasteiger partial charge in [0.05, 0.1) is 0 Å². The molecule has 0 aliphatic carbocycles. The second kappa shape index (κ2) is 17.2. The molecule has 0 heterocycles. The molecule has 0 aromatic carbocycles. The van der Waals surface area contributed by atoms with Gasteiger partial charge in [0.2, 0.25) is 12.1 Å². The van der Waals surface area contributed by atoms with Gasteiger partial charge in [0, 0.05) is 25.6 Å². The molecule has 164 valence electrons. The molecular weight excluding hydrogens is 362 g/mol. The third kappa shape index (κ3) is 17.5. The molecule has 0 aliphatic heterocycles. The van der Waals surface area contributed by atoms with Gasteiger partial charge in [-0.05, 0) is 52.1 Å². The van der Waals surface area contributed by atoms with Gasteiger partial charge in [-0.2, -0.15) is 0 Å². The summed E-state index contributed by atoms with van der Waals surface area (Å²) in [6.45, 7) is 4.80.